The Balaban J connectivity index is 2.03. The standard InChI is InChI=1S/C19H20N2O2/c1-14(2)13-20-17(15-9-5-3-6-10-15)18(22)21(19(20)23)16-11-7-4-8-12-16/h3-12,14,17H,13H2,1-2H3/t17-/m0/s1. The Kier molecular flexibility index (Phi) is 4.15. The van der Waals surface area contributed by atoms with Crippen LogP contribution in [0.4, 0.5) is 10.5 Å². The molecule has 0 spiro atoms. The van der Waals surface area contributed by atoms with Crippen molar-refractivity contribution in [2.75, 3.05) is 11.4 Å². The average molecular weight is 308 g/mol. The highest BCUT2D eigenvalue weighted by molar-refractivity contribution is 6.21. The van der Waals surface area contributed by atoms with Gasteiger partial charge in [0.05, 0.1) is 5.69 Å². The fourth-order valence-corrected chi connectivity index (χ4v) is 2.94. The van der Waals surface area contributed by atoms with Crippen molar-refractivity contribution in [3.8, 4) is 0 Å². The maximum atomic E-state index is 13.0. The summed E-state index contributed by atoms with van der Waals surface area (Å²) >= 11 is 0. The van der Waals surface area contributed by atoms with Crippen LogP contribution in [0.3, 0.4) is 0 Å². The van der Waals surface area contributed by atoms with E-state index in [2.05, 4.69) is 0 Å². The Hall–Kier alpha value is -2.62. The molecule has 0 unspecified atom stereocenters. The summed E-state index contributed by atoms with van der Waals surface area (Å²) in [6.45, 7) is 4.64. The maximum Gasteiger partial charge on any atom is 0.332 e. The summed E-state index contributed by atoms with van der Waals surface area (Å²) in [7, 11) is 0. The van der Waals surface area contributed by atoms with Crippen molar-refractivity contribution >= 4 is 17.6 Å². The van der Waals surface area contributed by atoms with E-state index in [1.54, 1.807) is 17.0 Å². The Bertz CT molecular complexity index is 698. The van der Waals surface area contributed by atoms with Crippen LogP contribution in [0, 0.1) is 5.92 Å². The number of hydrogen-bond donors (Lipinski definition) is 0. The second-order valence-electron chi connectivity index (χ2n) is 6.15. The van der Waals surface area contributed by atoms with Crippen LogP contribution < -0.4 is 4.90 Å². The lowest BCUT2D eigenvalue weighted by molar-refractivity contribution is -0.120. The van der Waals surface area contributed by atoms with E-state index in [1.165, 1.54) is 4.90 Å². The van der Waals surface area contributed by atoms with Crippen molar-refractivity contribution < 1.29 is 9.59 Å². The molecule has 1 aliphatic rings. The number of nitrogens with zero attached hydrogens (tertiary/aromatic N) is 2. The Labute approximate surface area is 136 Å². The van der Waals surface area contributed by atoms with Gasteiger partial charge in [0.1, 0.15) is 6.04 Å². The molecule has 0 radical (unpaired) electrons. The minimum atomic E-state index is -0.550. The molecule has 3 rings (SSSR count). The van der Waals surface area contributed by atoms with E-state index in [0.29, 0.717) is 12.2 Å². The van der Waals surface area contributed by atoms with Gasteiger partial charge in [-0.3, -0.25) is 4.79 Å². The van der Waals surface area contributed by atoms with Crippen molar-refractivity contribution in [3.63, 3.8) is 0 Å². The molecule has 0 aromatic heterocycles. The SMILES string of the molecule is CC(C)CN1C(=O)N(c2ccccc2)C(=O)[C@@H]1c1ccccc1. The number of urea groups is 1. The van der Waals surface area contributed by atoms with E-state index < -0.39 is 6.04 Å². The highest BCUT2D eigenvalue weighted by Gasteiger charge is 2.46. The Morgan fingerprint density at radius 2 is 1.48 bits per heavy atom. The Morgan fingerprint density at radius 1 is 0.913 bits per heavy atom. The molecule has 1 heterocycles. The van der Waals surface area contributed by atoms with Gasteiger partial charge in [0.15, 0.2) is 0 Å². The third-order valence-electron chi connectivity index (χ3n) is 3.89. The van der Waals surface area contributed by atoms with E-state index in [9.17, 15) is 9.59 Å². The van der Waals surface area contributed by atoms with Crippen molar-refractivity contribution in [3.05, 3.63) is 66.2 Å². The number of hydrogen-bond acceptors (Lipinski definition) is 2. The summed E-state index contributed by atoms with van der Waals surface area (Å²) in [5.74, 6) is 0.0988. The third kappa shape index (κ3) is 2.84. The number of amides is 3. The minimum Gasteiger partial charge on any atom is -0.308 e. The van der Waals surface area contributed by atoms with Gasteiger partial charge in [-0.1, -0.05) is 62.4 Å². The molecule has 3 amide bonds. The molecule has 0 N–H and O–H groups in total. The monoisotopic (exact) mass is 308 g/mol. The second-order valence-corrected chi connectivity index (χ2v) is 6.15. The van der Waals surface area contributed by atoms with Crippen LogP contribution in [0.25, 0.3) is 0 Å². The topological polar surface area (TPSA) is 40.6 Å². The summed E-state index contributed by atoms with van der Waals surface area (Å²) < 4.78 is 0. The number of anilines is 1. The number of rotatable bonds is 4. The van der Waals surface area contributed by atoms with Gasteiger partial charge in [-0.2, -0.15) is 0 Å². The van der Waals surface area contributed by atoms with Gasteiger partial charge >= 0.3 is 6.03 Å². The van der Waals surface area contributed by atoms with Gasteiger partial charge in [0.25, 0.3) is 5.91 Å². The number of benzene rings is 2. The molecule has 2 aromatic rings. The molecule has 1 aliphatic heterocycles. The van der Waals surface area contributed by atoms with Gasteiger partial charge in [-0.05, 0) is 23.6 Å². The van der Waals surface area contributed by atoms with Gasteiger partial charge in [0, 0.05) is 6.54 Å². The lowest BCUT2D eigenvalue weighted by atomic mass is 10.0. The molecule has 4 heteroatoms. The van der Waals surface area contributed by atoms with Crippen molar-refractivity contribution in [1.82, 2.24) is 4.90 Å². The first-order valence-electron chi connectivity index (χ1n) is 7.84. The number of para-hydroxylation sites is 1. The van der Waals surface area contributed by atoms with Crippen LogP contribution in [0.15, 0.2) is 60.7 Å². The molecular formula is C19H20N2O2. The summed E-state index contributed by atoms with van der Waals surface area (Å²) in [4.78, 5) is 28.8. The van der Waals surface area contributed by atoms with Gasteiger partial charge in [-0.25, -0.2) is 9.69 Å². The van der Waals surface area contributed by atoms with Crippen molar-refractivity contribution in [1.29, 1.82) is 0 Å². The fraction of sp³-hybridized carbons (Fsp3) is 0.263. The van der Waals surface area contributed by atoms with Crippen LogP contribution in [0.1, 0.15) is 25.5 Å². The largest absolute Gasteiger partial charge is 0.332 e. The lowest BCUT2D eigenvalue weighted by Gasteiger charge is -2.23. The Morgan fingerprint density at radius 3 is 2.04 bits per heavy atom. The van der Waals surface area contributed by atoms with Crippen molar-refractivity contribution in [2.45, 2.75) is 19.9 Å². The first kappa shape index (κ1) is 15.3. The van der Waals surface area contributed by atoms with E-state index in [1.807, 2.05) is 62.4 Å². The summed E-state index contributed by atoms with van der Waals surface area (Å²) in [5.41, 5.74) is 1.47. The molecule has 23 heavy (non-hydrogen) atoms. The first-order chi connectivity index (χ1) is 11.1. The highest BCUT2D eigenvalue weighted by atomic mass is 16.2. The van der Waals surface area contributed by atoms with E-state index in [4.69, 9.17) is 0 Å². The van der Waals surface area contributed by atoms with Gasteiger partial charge in [0.2, 0.25) is 0 Å². The summed E-state index contributed by atoms with van der Waals surface area (Å²) in [6, 6.07) is 17.8. The molecule has 0 aliphatic carbocycles. The molecule has 118 valence electrons. The molecule has 1 saturated heterocycles. The van der Waals surface area contributed by atoms with Crippen LogP contribution in [0.5, 0.6) is 0 Å². The zero-order valence-corrected chi connectivity index (χ0v) is 13.3. The van der Waals surface area contributed by atoms with Gasteiger partial charge < -0.3 is 4.90 Å². The van der Waals surface area contributed by atoms with Crippen LogP contribution >= 0.6 is 0 Å². The average Bonchev–Trinajstić information content (AvgIpc) is 2.79. The maximum absolute atomic E-state index is 13.0. The van der Waals surface area contributed by atoms with Crippen LogP contribution in [-0.2, 0) is 4.79 Å². The second kappa shape index (κ2) is 6.24. The predicted molar refractivity (Wildman–Crippen MR) is 90.1 cm³/mol. The molecular weight excluding hydrogens is 288 g/mol. The summed E-state index contributed by atoms with van der Waals surface area (Å²) in [5, 5.41) is 0. The van der Waals surface area contributed by atoms with Crippen LogP contribution in [0.2, 0.25) is 0 Å². The quantitative estimate of drug-likeness (QED) is 0.805. The van der Waals surface area contributed by atoms with E-state index in [-0.39, 0.29) is 17.9 Å². The third-order valence-corrected chi connectivity index (χ3v) is 3.89. The number of carbonyl (C=O) groups is 2. The summed E-state index contributed by atoms with van der Waals surface area (Å²) in [6.07, 6.45) is 0. The fourth-order valence-electron chi connectivity index (χ4n) is 2.94. The molecule has 1 atom stereocenters. The molecule has 4 nitrogen and oxygen atoms in total. The lowest BCUT2D eigenvalue weighted by Crippen LogP contribution is -2.35. The normalized spacial score (nSPS) is 18.1. The van der Waals surface area contributed by atoms with Crippen LogP contribution in [-0.4, -0.2) is 23.4 Å². The zero-order valence-electron chi connectivity index (χ0n) is 13.3. The zero-order chi connectivity index (χ0) is 16.4. The van der Waals surface area contributed by atoms with Gasteiger partial charge in [-0.15, -0.1) is 0 Å². The molecule has 2 aromatic carbocycles. The first-order valence-corrected chi connectivity index (χ1v) is 7.84. The molecule has 1 fully saturated rings. The highest BCUT2D eigenvalue weighted by Crippen LogP contribution is 2.34. The van der Waals surface area contributed by atoms with Crippen molar-refractivity contribution in [2.24, 2.45) is 5.92 Å². The predicted octanol–water partition coefficient (Wildman–Crippen LogP) is 3.85. The number of carbonyl (C=O) groups excluding carboxylic acids is 2. The minimum absolute atomic E-state index is 0.187. The van der Waals surface area contributed by atoms with E-state index >= 15 is 0 Å². The number of imide groups is 1. The molecule has 0 bridgehead atoms. The smallest absolute Gasteiger partial charge is 0.308 e. The molecule has 0 saturated carbocycles. The van der Waals surface area contributed by atoms with E-state index in [0.717, 1.165) is 5.56 Å².